The zero-order valence-corrected chi connectivity index (χ0v) is 8.22. The number of rotatable bonds is 2. The van der Waals surface area contributed by atoms with Crippen molar-refractivity contribution in [3.63, 3.8) is 0 Å². The van der Waals surface area contributed by atoms with E-state index in [0.29, 0.717) is 17.1 Å². The lowest BCUT2D eigenvalue weighted by atomic mass is 9.66. The first kappa shape index (κ1) is 8.98. The number of ketones is 1. The van der Waals surface area contributed by atoms with Gasteiger partial charge in [-0.2, -0.15) is 0 Å². The Hall–Kier alpha value is -0.590. The summed E-state index contributed by atoms with van der Waals surface area (Å²) in [5.41, 5.74) is 0.482. The topological polar surface area (TPSA) is 17.1 Å². The molecule has 0 aromatic carbocycles. The monoisotopic (exact) mass is 178 g/mol. The summed E-state index contributed by atoms with van der Waals surface area (Å²) in [5.74, 6) is 1.18. The molecule has 1 unspecified atom stereocenters. The molecule has 2 fully saturated rings. The molecular weight excluding hydrogens is 160 g/mol. The van der Waals surface area contributed by atoms with Crippen LogP contribution in [0.5, 0.6) is 0 Å². The van der Waals surface area contributed by atoms with Crippen molar-refractivity contribution in [2.75, 3.05) is 0 Å². The molecule has 0 amide bonds. The SMILES string of the molecule is C=CC[C@@]12CCCC1CC(=O)CC2. The number of carbonyl (C=O) groups is 1. The normalized spacial score (nSPS) is 38.8. The van der Waals surface area contributed by atoms with Crippen molar-refractivity contribution < 1.29 is 4.79 Å². The van der Waals surface area contributed by atoms with Crippen LogP contribution in [0.25, 0.3) is 0 Å². The lowest BCUT2D eigenvalue weighted by Crippen LogP contribution is -2.32. The molecule has 0 aliphatic heterocycles. The molecule has 2 atom stereocenters. The summed E-state index contributed by atoms with van der Waals surface area (Å²) >= 11 is 0. The molecule has 0 spiro atoms. The van der Waals surface area contributed by atoms with Crippen molar-refractivity contribution in [3.8, 4) is 0 Å². The van der Waals surface area contributed by atoms with Crippen LogP contribution < -0.4 is 0 Å². The molecule has 2 saturated carbocycles. The van der Waals surface area contributed by atoms with Gasteiger partial charge in [-0.3, -0.25) is 4.79 Å². The second-order valence-corrected chi connectivity index (χ2v) is 4.69. The molecule has 0 heterocycles. The zero-order chi connectivity index (χ0) is 9.31. The third-order valence-electron chi connectivity index (χ3n) is 4.02. The second kappa shape index (κ2) is 3.28. The van der Waals surface area contributed by atoms with Gasteiger partial charge < -0.3 is 0 Å². The summed E-state index contributed by atoms with van der Waals surface area (Å²) in [5, 5.41) is 0. The third-order valence-corrected chi connectivity index (χ3v) is 4.02. The van der Waals surface area contributed by atoms with Gasteiger partial charge in [0, 0.05) is 12.8 Å². The number of hydrogen-bond acceptors (Lipinski definition) is 1. The highest BCUT2D eigenvalue weighted by Gasteiger charge is 2.44. The largest absolute Gasteiger partial charge is 0.300 e. The molecule has 2 aliphatic carbocycles. The predicted molar refractivity (Wildman–Crippen MR) is 53.4 cm³/mol. The van der Waals surface area contributed by atoms with E-state index in [0.717, 1.165) is 25.7 Å². The first-order valence-electron chi connectivity index (χ1n) is 5.39. The minimum absolute atomic E-state index is 0.482. The molecule has 0 aromatic rings. The van der Waals surface area contributed by atoms with Crippen molar-refractivity contribution in [3.05, 3.63) is 12.7 Å². The van der Waals surface area contributed by atoms with Crippen LogP contribution in [0.2, 0.25) is 0 Å². The fourth-order valence-corrected chi connectivity index (χ4v) is 3.28. The van der Waals surface area contributed by atoms with Crippen LogP contribution in [0.4, 0.5) is 0 Å². The Balaban J connectivity index is 2.15. The highest BCUT2D eigenvalue weighted by Crippen LogP contribution is 2.53. The van der Waals surface area contributed by atoms with Gasteiger partial charge in [0.15, 0.2) is 0 Å². The molecule has 0 saturated heterocycles. The molecule has 0 bridgehead atoms. The first-order chi connectivity index (χ1) is 6.27. The van der Waals surface area contributed by atoms with Crippen LogP contribution in [0, 0.1) is 11.3 Å². The van der Waals surface area contributed by atoms with Crippen molar-refractivity contribution in [2.24, 2.45) is 11.3 Å². The van der Waals surface area contributed by atoms with E-state index in [-0.39, 0.29) is 0 Å². The van der Waals surface area contributed by atoms with Crippen LogP contribution in [-0.4, -0.2) is 5.78 Å². The Morgan fingerprint density at radius 1 is 1.54 bits per heavy atom. The van der Waals surface area contributed by atoms with Crippen molar-refractivity contribution >= 4 is 5.78 Å². The van der Waals surface area contributed by atoms with Crippen LogP contribution in [0.15, 0.2) is 12.7 Å². The van der Waals surface area contributed by atoms with E-state index >= 15 is 0 Å². The van der Waals surface area contributed by atoms with E-state index < -0.39 is 0 Å². The van der Waals surface area contributed by atoms with Crippen LogP contribution >= 0.6 is 0 Å². The quantitative estimate of drug-likeness (QED) is 0.594. The fraction of sp³-hybridized carbons (Fsp3) is 0.750. The van der Waals surface area contributed by atoms with Crippen molar-refractivity contribution in [2.45, 2.75) is 44.9 Å². The molecule has 2 aliphatic rings. The molecule has 0 N–H and O–H groups in total. The minimum atomic E-state index is 0.482. The van der Waals surface area contributed by atoms with Gasteiger partial charge in [0.1, 0.15) is 5.78 Å². The van der Waals surface area contributed by atoms with Crippen LogP contribution in [-0.2, 0) is 4.79 Å². The Bertz CT molecular complexity index is 231. The van der Waals surface area contributed by atoms with Gasteiger partial charge in [0.05, 0.1) is 0 Å². The van der Waals surface area contributed by atoms with Crippen LogP contribution in [0.1, 0.15) is 44.9 Å². The molecular formula is C12H18O. The highest BCUT2D eigenvalue weighted by atomic mass is 16.1. The van der Waals surface area contributed by atoms with Gasteiger partial charge in [-0.25, -0.2) is 0 Å². The van der Waals surface area contributed by atoms with Gasteiger partial charge in [-0.05, 0) is 37.0 Å². The van der Waals surface area contributed by atoms with Gasteiger partial charge in [0.2, 0.25) is 0 Å². The number of hydrogen-bond donors (Lipinski definition) is 0. The Morgan fingerprint density at radius 3 is 3.15 bits per heavy atom. The van der Waals surface area contributed by atoms with Gasteiger partial charge in [-0.1, -0.05) is 12.5 Å². The third kappa shape index (κ3) is 1.45. The summed E-state index contributed by atoms with van der Waals surface area (Å²) in [4.78, 5) is 11.3. The van der Waals surface area contributed by atoms with Crippen molar-refractivity contribution in [1.82, 2.24) is 0 Å². The summed E-state index contributed by atoms with van der Waals surface area (Å²) in [6.45, 7) is 3.84. The van der Waals surface area contributed by atoms with E-state index in [1.54, 1.807) is 0 Å². The summed E-state index contributed by atoms with van der Waals surface area (Å²) in [6, 6.07) is 0. The second-order valence-electron chi connectivity index (χ2n) is 4.69. The maximum Gasteiger partial charge on any atom is 0.133 e. The average Bonchev–Trinajstić information content (AvgIpc) is 2.49. The zero-order valence-electron chi connectivity index (χ0n) is 8.22. The minimum Gasteiger partial charge on any atom is -0.300 e. The lowest BCUT2D eigenvalue weighted by Gasteiger charge is -2.38. The number of carbonyl (C=O) groups excluding carboxylic acids is 1. The fourth-order valence-electron chi connectivity index (χ4n) is 3.28. The van der Waals surface area contributed by atoms with E-state index in [9.17, 15) is 4.79 Å². The standard InChI is InChI=1S/C12H18O/c1-2-6-12-7-3-4-10(12)9-11(13)5-8-12/h2,10H,1,3-9H2/t10?,12-/m0/s1. The predicted octanol–water partition coefficient (Wildman–Crippen LogP) is 3.10. The maximum atomic E-state index is 11.3. The molecule has 2 rings (SSSR count). The van der Waals surface area contributed by atoms with E-state index in [2.05, 4.69) is 6.58 Å². The van der Waals surface area contributed by atoms with Gasteiger partial charge >= 0.3 is 0 Å². The van der Waals surface area contributed by atoms with Crippen molar-refractivity contribution in [1.29, 1.82) is 0 Å². The van der Waals surface area contributed by atoms with E-state index in [1.165, 1.54) is 19.3 Å². The molecule has 1 nitrogen and oxygen atoms in total. The van der Waals surface area contributed by atoms with Gasteiger partial charge in [-0.15, -0.1) is 6.58 Å². The number of fused-ring (bicyclic) bond motifs is 1. The Kier molecular flexibility index (Phi) is 2.27. The highest BCUT2D eigenvalue weighted by molar-refractivity contribution is 5.79. The number of Topliss-reactive ketones (excluding diaryl/α,β-unsaturated/α-hetero) is 1. The molecule has 72 valence electrons. The molecule has 13 heavy (non-hydrogen) atoms. The van der Waals surface area contributed by atoms with Gasteiger partial charge in [0.25, 0.3) is 0 Å². The first-order valence-corrected chi connectivity index (χ1v) is 5.39. The smallest absolute Gasteiger partial charge is 0.133 e. The molecule has 0 radical (unpaired) electrons. The lowest BCUT2D eigenvalue weighted by molar-refractivity contribution is -0.124. The molecule has 1 heteroatoms. The van der Waals surface area contributed by atoms with E-state index in [4.69, 9.17) is 0 Å². The molecule has 0 aromatic heterocycles. The van der Waals surface area contributed by atoms with Crippen LogP contribution in [0.3, 0.4) is 0 Å². The Labute approximate surface area is 80.2 Å². The maximum absolute atomic E-state index is 11.3. The summed E-state index contributed by atoms with van der Waals surface area (Å²) in [7, 11) is 0. The van der Waals surface area contributed by atoms with E-state index in [1.807, 2.05) is 6.08 Å². The Morgan fingerprint density at radius 2 is 2.38 bits per heavy atom. The summed E-state index contributed by atoms with van der Waals surface area (Å²) < 4.78 is 0. The summed E-state index contributed by atoms with van der Waals surface area (Å²) in [6.07, 6.45) is 9.92. The average molecular weight is 178 g/mol. The number of allylic oxidation sites excluding steroid dienone is 1.